The van der Waals surface area contributed by atoms with Crippen LogP contribution in [0.5, 0.6) is 0 Å². The summed E-state index contributed by atoms with van der Waals surface area (Å²) >= 11 is 0. The SMILES string of the molecule is COCCCC(=O)C(CC(=O)NCCNC(=O)CCN1C(=O)C=CC1=O)CC(=O)NCCNC(=O)CCN1C(=O)C=CC1=O. The molecule has 2 aliphatic heterocycles. The van der Waals surface area contributed by atoms with E-state index < -0.39 is 53.2 Å². The van der Waals surface area contributed by atoms with Crippen LogP contribution in [-0.2, 0) is 47.9 Å². The molecule has 0 unspecified atom stereocenters. The van der Waals surface area contributed by atoms with Crippen molar-refractivity contribution in [3.63, 3.8) is 0 Å². The van der Waals surface area contributed by atoms with Crippen LogP contribution in [0.3, 0.4) is 0 Å². The smallest absolute Gasteiger partial charge is 0.253 e. The number of ketones is 1. The maximum absolute atomic E-state index is 12.7. The van der Waals surface area contributed by atoms with Gasteiger partial charge in [0.05, 0.1) is 0 Å². The van der Waals surface area contributed by atoms with E-state index in [9.17, 15) is 43.2 Å². The van der Waals surface area contributed by atoms with Crippen LogP contribution < -0.4 is 21.3 Å². The molecule has 2 aliphatic rings. The third-order valence-corrected chi connectivity index (χ3v) is 6.56. The van der Waals surface area contributed by atoms with E-state index >= 15 is 0 Å². The molecule has 0 saturated carbocycles. The molecule has 0 fully saturated rings. The number of carbonyl (C=O) groups excluding carboxylic acids is 9. The molecule has 0 radical (unpaired) electrons. The third-order valence-electron chi connectivity index (χ3n) is 6.56. The number of hydrogen-bond acceptors (Lipinski definition) is 10. The number of hydrogen-bond donors (Lipinski definition) is 4. The Morgan fingerprint density at radius 3 is 1.34 bits per heavy atom. The van der Waals surface area contributed by atoms with Gasteiger partial charge >= 0.3 is 0 Å². The summed E-state index contributed by atoms with van der Waals surface area (Å²) in [6.07, 6.45) is 4.35. The largest absolute Gasteiger partial charge is 0.385 e. The van der Waals surface area contributed by atoms with Crippen molar-refractivity contribution < 1.29 is 47.9 Å². The molecule has 0 bridgehead atoms. The second-order valence-electron chi connectivity index (χ2n) is 9.89. The van der Waals surface area contributed by atoms with Gasteiger partial charge in [-0.25, -0.2) is 0 Å². The molecule has 44 heavy (non-hydrogen) atoms. The van der Waals surface area contributed by atoms with Crippen molar-refractivity contribution in [3.05, 3.63) is 24.3 Å². The van der Waals surface area contributed by atoms with Gasteiger partial charge in [-0.1, -0.05) is 0 Å². The summed E-state index contributed by atoms with van der Waals surface area (Å²) in [4.78, 5) is 110. The van der Waals surface area contributed by atoms with E-state index in [1.807, 2.05) is 0 Å². The van der Waals surface area contributed by atoms with Crippen molar-refractivity contribution in [2.75, 3.05) is 53.0 Å². The summed E-state index contributed by atoms with van der Waals surface area (Å²) in [5.41, 5.74) is 0. The second kappa shape index (κ2) is 18.7. The van der Waals surface area contributed by atoms with Crippen LogP contribution >= 0.6 is 0 Å². The molecule has 0 aromatic carbocycles. The highest BCUT2D eigenvalue weighted by Gasteiger charge is 2.26. The quantitative estimate of drug-likeness (QED) is 0.0781. The highest BCUT2D eigenvalue weighted by molar-refractivity contribution is 6.13. The van der Waals surface area contributed by atoms with Crippen molar-refractivity contribution in [2.45, 2.75) is 38.5 Å². The molecule has 2 rings (SSSR count). The number of nitrogens with one attached hydrogen (secondary N) is 4. The van der Waals surface area contributed by atoms with Crippen LogP contribution in [0.1, 0.15) is 38.5 Å². The zero-order valence-electron chi connectivity index (χ0n) is 24.6. The lowest BCUT2D eigenvalue weighted by Crippen LogP contribution is -2.39. The highest BCUT2D eigenvalue weighted by atomic mass is 16.5. The maximum Gasteiger partial charge on any atom is 0.253 e. The lowest BCUT2D eigenvalue weighted by atomic mass is 9.92. The van der Waals surface area contributed by atoms with E-state index in [0.717, 1.165) is 34.1 Å². The fraction of sp³-hybridized carbons (Fsp3) is 0.536. The summed E-state index contributed by atoms with van der Waals surface area (Å²) in [6, 6.07) is 0. The van der Waals surface area contributed by atoms with E-state index in [1.54, 1.807) is 0 Å². The summed E-state index contributed by atoms with van der Waals surface area (Å²) < 4.78 is 4.96. The Morgan fingerprint density at radius 1 is 0.614 bits per heavy atom. The molecule has 0 spiro atoms. The first-order valence-electron chi connectivity index (χ1n) is 14.2. The number of amides is 8. The van der Waals surface area contributed by atoms with E-state index in [1.165, 1.54) is 7.11 Å². The average molecular weight is 619 g/mol. The van der Waals surface area contributed by atoms with Gasteiger partial charge in [0.15, 0.2) is 0 Å². The first-order valence-corrected chi connectivity index (χ1v) is 14.2. The normalized spacial score (nSPS) is 14.0. The van der Waals surface area contributed by atoms with Gasteiger partial charge in [-0.3, -0.25) is 53.0 Å². The number of rotatable bonds is 21. The number of Topliss-reactive ketones (excluding diaryl/α,β-unsaturated/α-hetero) is 1. The van der Waals surface area contributed by atoms with Gasteiger partial charge in [-0.2, -0.15) is 0 Å². The molecule has 16 nitrogen and oxygen atoms in total. The van der Waals surface area contributed by atoms with E-state index in [4.69, 9.17) is 4.74 Å². The molecule has 2 heterocycles. The van der Waals surface area contributed by atoms with Crippen LogP contribution in [0, 0.1) is 5.92 Å². The van der Waals surface area contributed by atoms with Crippen LogP contribution in [0.15, 0.2) is 24.3 Å². The van der Waals surface area contributed by atoms with Gasteiger partial charge < -0.3 is 26.0 Å². The zero-order chi connectivity index (χ0) is 32.5. The zero-order valence-corrected chi connectivity index (χ0v) is 24.6. The summed E-state index contributed by atoms with van der Waals surface area (Å²) in [6.45, 7) is 0.469. The average Bonchev–Trinajstić information content (AvgIpc) is 3.48. The molecule has 4 N–H and O–H groups in total. The fourth-order valence-corrected chi connectivity index (χ4v) is 4.20. The Hall–Kier alpha value is -4.73. The Balaban J connectivity index is 1.68. The van der Waals surface area contributed by atoms with Gasteiger partial charge in [0.25, 0.3) is 23.6 Å². The molecule has 0 aliphatic carbocycles. The lowest BCUT2D eigenvalue weighted by Gasteiger charge is -2.16. The third kappa shape index (κ3) is 12.6. The minimum Gasteiger partial charge on any atom is -0.385 e. The topological polar surface area (TPSA) is 217 Å². The van der Waals surface area contributed by atoms with Crippen molar-refractivity contribution in [1.29, 1.82) is 0 Å². The molecular weight excluding hydrogens is 580 g/mol. The van der Waals surface area contributed by atoms with Crippen LogP contribution in [0.2, 0.25) is 0 Å². The standard InChI is InChI=1S/C28H38N6O10/c1-44-16-2-3-20(35)19(17-23(38)31-12-10-29-21(36)8-14-33-25(40)4-5-26(33)41)18-24(39)32-13-11-30-22(37)9-15-34-27(42)6-7-28(34)43/h4-7,19H,2-3,8-18H2,1H3,(H,29,36)(H,30,37)(H,31,38)(H,32,39). The number of carbonyl (C=O) groups is 9. The van der Waals surface area contributed by atoms with Crippen molar-refractivity contribution in [3.8, 4) is 0 Å². The number of imide groups is 2. The fourth-order valence-electron chi connectivity index (χ4n) is 4.20. The summed E-state index contributed by atoms with van der Waals surface area (Å²) in [7, 11) is 1.49. The van der Waals surface area contributed by atoms with Crippen molar-refractivity contribution in [1.82, 2.24) is 31.1 Å². The minimum absolute atomic E-state index is 0.0563. The summed E-state index contributed by atoms with van der Waals surface area (Å²) in [5, 5.41) is 10.3. The predicted octanol–water partition coefficient (Wildman–Crippen LogP) is -2.53. The summed E-state index contributed by atoms with van der Waals surface area (Å²) in [5.74, 6) is -4.93. The first kappa shape index (κ1) is 35.5. The Labute approximate surface area is 253 Å². The predicted molar refractivity (Wildman–Crippen MR) is 152 cm³/mol. The van der Waals surface area contributed by atoms with E-state index in [-0.39, 0.29) is 77.2 Å². The van der Waals surface area contributed by atoms with Gasteiger partial charge in [0.1, 0.15) is 5.78 Å². The van der Waals surface area contributed by atoms with Crippen LogP contribution in [-0.4, -0.2) is 116 Å². The molecule has 8 amide bonds. The molecule has 240 valence electrons. The Bertz CT molecular complexity index is 1080. The van der Waals surface area contributed by atoms with Gasteiger partial charge in [-0.05, 0) is 6.42 Å². The molecule has 0 aromatic heterocycles. The second-order valence-corrected chi connectivity index (χ2v) is 9.89. The van der Waals surface area contributed by atoms with Gasteiger partial charge in [0, 0.05) is 115 Å². The molecular formula is C28H38N6O10. The molecule has 0 aromatic rings. The number of nitrogens with zero attached hydrogens (tertiary/aromatic N) is 2. The van der Waals surface area contributed by atoms with Crippen molar-refractivity contribution >= 4 is 53.0 Å². The monoisotopic (exact) mass is 618 g/mol. The molecule has 0 saturated heterocycles. The van der Waals surface area contributed by atoms with E-state index in [0.29, 0.717) is 13.0 Å². The molecule has 0 atom stereocenters. The van der Waals surface area contributed by atoms with Crippen molar-refractivity contribution in [2.24, 2.45) is 5.92 Å². The highest BCUT2D eigenvalue weighted by Crippen LogP contribution is 2.14. The Kier molecular flexibility index (Phi) is 15.1. The maximum atomic E-state index is 12.7. The van der Waals surface area contributed by atoms with E-state index in [2.05, 4.69) is 21.3 Å². The first-order chi connectivity index (χ1) is 21.0. The Morgan fingerprint density at radius 2 is 0.977 bits per heavy atom. The lowest BCUT2D eigenvalue weighted by molar-refractivity contribution is -0.139. The van der Waals surface area contributed by atoms with Crippen LogP contribution in [0.4, 0.5) is 0 Å². The number of methoxy groups -OCH3 is 1. The van der Waals surface area contributed by atoms with Gasteiger partial charge in [0.2, 0.25) is 23.6 Å². The minimum atomic E-state index is -0.899. The number of ether oxygens (including phenoxy) is 1. The van der Waals surface area contributed by atoms with Crippen LogP contribution in [0.25, 0.3) is 0 Å². The molecule has 16 heteroatoms. The van der Waals surface area contributed by atoms with Gasteiger partial charge in [-0.15, -0.1) is 0 Å².